The fourth-order valence-corrected chi connectivity index (χ4v) is 4.96. The molecule has 1 atom stereocenters. The molecular weight excluding hydrogens is 402 g/mol. The topological polar surface area (TPSA) is 86.8 Å². The Bertz CT molecular complexity index is 1030. The third kappa shape index (κ3) is 4.71. The van der Waals surface area contributed by atoms with Crippen LogP contribution < -0.4 is 9.62 Å². The maximum Gasteiger partial charge on any atom is 0.251 e. The molecule has 7 nitrogen and oxygen atoms in total. The molecule has 1 aliphatic rings. The van der Waals surface area contributed by atoms with Crippen LogP contribution in [0.1, 0.15) is 40.9 Å². The van der Waals surface area contributed by atoms with E-state index in [1.54, 1.807) is 12.1 Å². The predicted octanol–water partition coefficient (Wildman–Crippen LogP) is 2.35. The highest BCUT2D eigenvalue weighted by Gasteiger charge is 2.36. The predicted molar refractivity (Wildman–Crippen MR) is 117 cm³/mol. The molecule has 0 unspecified atom stereocenters. The molecule has 160 valence electrons. The summed E-state index contributed by atoms with van der Waals surface area (Å²) >= 11 is 0. The van der Waals surface area contributed by atoms with Crippen LogP contribution >= 0.6 is 0 Å². The van der Waals surface area contributed by atoms with Gasteiger partial charge in [-0.25, -0.2) is 12.7 Å². The number of nitrogens with one attached hydrogen (secondary N) is 1. The highest BCUT2D eigenvalue weighted by molar-refractivity contribution is 7.94. The molecule has 30 heavy (non-hydrogen) atoms. The second-order valence-electron chi connectivity index (χ2n) is 7.56. The fourth-order valence-electron chi connectivity index (χ4n) is 3.51. The zero-order valence-electron chi connectivity index (χ0n) is 17.5. The van der Waals surface area contributed by atoms with Gasteiger partial charge in [-0.3, -0.25) is 9.59 Å². The fraction of sp³-hybridized carbons (Fsp3) is 0.364. The minimum atomic E-state index is -3.67. The van der Waals surface area contributed by atoms with E-state index in [9.17, 15) is 18.0 Å². The molecule has 1 aliphatic heterocycles. The van der Waals surface area contributed by atoms with E-state index in [1.165, 1.54) is 17.7 Å². The molecule has 0 spiro atoms. The lowest BCUT2D eigenvalue weighted by Gasteiger charge is -2.25. The maximum absolute atomic E-state index is 12.7. The molecule has 0 saturated carbocycles. The van der Waals surface area contributed by atoms with Crippen molar-refractivity contribution in [2.24, 2.45) is 0 Å². The van der Waals surface area contributed by atoms with Crippen molar-refractivity contribution in [2.45, 2.75) is 25.8 Å². The molecule has 1 fully saturated rings. The Morgan fingerprint density at radius 1 is 1.17 bits per heavy atom. The molecule has 1 heterocycles. The average Bonchev–Trinajstić information content (AvgIpc) is 3.00. The van der Waals surface area contributed by atoms with Gasteiger partial charge >= 0.3 is 0 Å². The number of amides is 2. The molecule has 3 rings (SSSR count). The lowest BCUT2D eigenvalue weighted by atomic mass is 10.0. The molecule has 0 bridgehead atoms. The van der Waals surface area contributed by atoms with Gasteiger partial charge in [-0.1, -0.05) is 37.3 Å². The van der Waals surface area contributed by atoms with Crippen molar-refractivity contribution in [3.63, 3.8) is 0 Å². The summed E-state index contributed by atoms with van der Waals surface area (Å²) in [5, 5.41) is 2.92. The third-order valence-electron chi connectivity index (χ3n) is 5.27. The summed E-state index contributed by atoms with van der Waals surface area (Å²) in [6.45, 7) is 2.50. The van der Waals surface area contributed by atoms with Crippen molar-refractivity contribution in [2.75, 3.05) is 30.7 Å². The van der Waals surface area contributed by atoms with Crippen molar-refractivity contribution >= 4 is 27.5 Å². The van der Waals surface area contributed by atoms with Crippen LogP contribution in [0.5, 0.6) is 0 Å². The van der Waals surface area contributed by atoms with Gasteiger partial charge in [0.15, 0.2) is 0 Å². The van der Waals surface area contributed by atoms with E-state index in [1.807, 2.05) is 19.0 Å². The normalized spacial score (nSPS) is 16.7. The van der Waals surface area contributed by atoms with E-state index >= 15 is 0 Å². The zero-order valence-corrected chi connectivity index (χ0v) is 18.3. The van der Waals surface area contributed by atoms with Crippen molar-refractivity contribution < 1.29 is 18.0 Å². The highest BCUT2D eigenvalue weighted by Crippen LogP contribution is 2.26. The van der Waals surface area contributed by atoms with Gasteiger partial charge in [0.05, 0.1) is 17.5 Å². The first-order chi connectivity index (χ1) is 14.2. The monoisotopic (exact) mass is 429 g/mol. The first kappa shape index (κ1) is 22.0. The molecule has 8 heteroatoms. The van der Waals surface area contributed by atoms with Crippen molar-refractivity contribution in [3.8, 4) is 0 Å². The number of benzene rings is 2. The van der Waals surface area contributed by atoms with E-state index < -0.39 is 15.9 Å². The lowest BCUT2D eigenvalue weighted by molar-refractivity contribution is -0.116. The van der Waals surface area contributed by atoms with Crippen LogP contribution in [-0.2, 0) is 21.2 Å². The van der Waals surface area contributed by atoms with Gasteiger partial charge in [-0.2, -0.15) is 0 Å². The molecule has 1 N–H and O–H groups in total. The number of hydrogen-bond acceptors (Lipinski definition) is 5. The summed E-state index contributed by atoms with van der Waals surface area (Å²) in [6, 6.07) is 14.5. The summed E-state index contributed by atoms with van der Waals surface area (Å²) < 4.78 is 25.1. The summed E-state index contributed by atoms with van der Waals surface area (Å²) in [5.74, 6) is -1.00. The standard InChI is InChI=1S/C22H27N3O4S/c1-4-16-8-10-17(11-9-16)20(24(2)3)15-23-22(27)18-6-5-7-19(14-18)25-21(26)12-13-30(25,28)29/h5-11,14,20H,4,12-13,15H2,1-3H3,(H,23,27)/t20-/m1/s1. The number of nitrogens with zero attached hydrogens (tertiary/aromatic N) is 2. The lowest BCUT2D eigenvalue weighted by Crippen LogP contribution is -2.35. The van der Waals surface area contributed by atoms with Crippen LogP contribution in [0, 0.1) is 0 Å². The van der Waals surface area contributed by atoms with Gasteiger partial charge < -0.3 is 10.2 Å². The second kappa shape index (κ2) is 8.97. The molecule has 2 aromatic rings. The second-order valence-corrected chi connectivity index (χ2v) is 9.50. The van der Waals surface area contributed by atoms with E-state index in [4.69, 9.17) is 0 Å². The minimum absolute atomic E-state index is 0.0106. The summed E-state index contributed by atoms with van der Waals surface area (Å²) in [5.41, 5.74) is 2.86. The van der Waals surface area contributed by atoms with Gasteiger partial charge in [-0.05, 0) is 49.8 Å². The van der Waals surface area contributed by atoms with Crippen molar-refractivity contribution in [1.29, 1.82) is 0 Å². The van der Waals surface area contributed by atoms with Gasteiger partial charge in [0.25, 0.3) is 5.91 Å². The molecular formula is C22H27N3O4S. The quantitative estimate of drug-likeness (QED) is 0.730. The first-order valence-electron chi connectivity index (χ1n) is 9.92. The molecule has 0 aliphatic carbocycles. The van der Waals surface area contributed by atoms with E-state index in [2.05, 4.69) is 36.5 Å². The van der Waals surface area contributed by atoms with Gasteiger partial charge in [0.1, 0.15) is 0 Å². The number of aryl methyl sites for hydroxylation is 1. The van der Waals surface area contributed by atoms with Crippen LogP contribution in [0.25, 0.3) is 0 Å². The van der Waals surface area contributed by atoms with Gasteiger partial charge in [-0.15, -0.1) is 0 Å². The summed E-state index contributed by atoms with van der Waals surface area (Å²) in [4.78, 5) is 26.8. The Kier molecular flexibility index (Phi) is 6.58. The Balaban J connectivity index is 1.74. The number of sulfonamides is 1. The Labute approximate surface area is 177 Å². The third-order valence-corrected chi connectivity index (χ3v) is 6.96. The Morgan fingerprint density at radius 2 is 1.87 bits per heavy atom. The molecule has 2 aromatic carbocycles. The number of likely N-dealkylation sites (N-methyl/N-ethyl adjacent to an activating group) is 1. The molecule has 0 aromatic heterocycles. The minimum Gasteiger partial charge on any atom is -0.350 e. The number of carbonyl (C=O) groups is 2. The van der Waals surface area contributed by atoms with Gasteiger partial charge in [0, 0.05) is 18.5 Å². The number of carbonyl (C=O) groups excluding carboxylic acids is 2. The number of anilines is 1. The van der Waals surface area contributed by atoms with Crippen LogP contribution in [0.2, 0.25) is 0 Å². The van der Waals surface area contributed by atoms with Crippen LogP contribution in [0.4, 0.5) is 5.69 Å². The largest absolute Gasteiger partial charge is 0.350 e. The van der Waals surface area contributed by atoms with Crippen molar-refractivity contribution in [3.05, 3.63) is 65.2 Å². The number of rotatable bonds is 7. The molecule has 2 amide bonds. The summed E-state index contributed by atoms with van der Waals surface area (Å²) in [6.07, 6.45) is 0.926. The Hall–Kier alpha value is -2.71. The van der Waals surface area contributed by atoms with Crippen LogP contribution in [-0.4, -0.2) is 51.5 Å². The average molecular weight is 430 g/mol. The van der Waals surface area contributed by atoms with E-state index in [0.717, 1.165) is 16.3 Å². The maximum atomic E-state index is 12.7. The number of hydrogen-bond donors (Lipinski definition) is 1. The van der Waals surface area contributed by atoms with Crippen LogP contribution in [0.15, 0.2) is 48.5 Å². The van der Waals surface area contributed by atoms with Gasteiger partial charge in [0.2, 0.25) is 15.9 Å². The highest BCUT2D eigenvalue weighted by atomic mass is 32.2. The molecule has 1 saturated heterocycles. The van der Waals surface area contributed by atoms with E-state index in [-0.39, 0.29) is 29.8 Å². The van der Waals surface area contributed by atoms with Crippen LogP contribution in [0.3, 0.4) is 0 Å². The summed E-state index contributed by atoms with van der Waals surface area (Å²) in [7, 11) is 0.242. The SMILES string of the molecule is CCc1ccc([C@@H](CNC(=O)c2cccc(N3C(=O)CCS3(=O)=O)c2)N(C)C)cc1. The Morgan fingerprint density at radius 3 is 2.43 bits per heavy atom. The molecule has 0 radical (unpaired) electrons. The first-order valence-corrected chi connectivity index (χ1v) is 11.5. The smallest absolute Gasteiger partial charge is 0.251 e. The zero-order chi connectivity index (χ0) is 21.9. The van der Waals surface area contributed by atoms with Crippen molar-refractivity contribution in [1.82, 2.24) is 10.2 Å². The van der Waals surface area contributed by atoms with E-state index in [0.29, 0.717) is 12.1 Å².